The summed E-state index contributed by atoms with van der Waals surface area (Å²) in [5.74, 6) is 0.747. The van der Waals surface area contributed by atoms with Crippen LogP contribution in [0.5, 0.6) is 11.5 Å². The van der Waals surface area contributed by atoms with E-state index < -0.39 is 90.3 Å². The number of hydroxylamine groups is 1. The Bertz CT molecular complexity index is 3300. The summed E-state index contributed by atoms with van der Waals surface area (Å²) >= 11 is 0. The van der Waals surface area contributed by atoms with E-state index in [0.717, 1.165) is 27.1 Å². The van der Waals surface area contributed by atoms with E-state index in [1.54, 1.807) is 35.2 Å². The minimum absolute atomic E-state index is 0.0442. The molecule has 9 rings (SSSR count). The van der Waals surface area contributed by atoms with Crippen LogP contribution in [0.15, 0.2) is 171 Å². The summed E-state index contributed by atoms with van der Waals surface area (Å²) in [5, 5.41) is 1.57. The monoisotopic (exact) mass is 1100 g/mol. The molecule has 18 nitrogen and oxygen atoms in total. The maximum atomic E-state index is 13.7. The second-order valence-corrected chi connectivity index (χ2v) is 25.1. The minimum Gasteiger partial charge on any atom is -0.497 e. The maximum absolute atomic E-state index is 13.7. The highest BCUT2D eigenvalue weighted by atomic mass is 28.4. The number of aryl methyl sites for hydroxylation is 2. The van der Waals surface area contributed by atoms with Crippen molar-refractivity contribution in [3.63, 3.8) is 0 Å². The van der Waals surface area contributed by atoms with Gasteiger partial charge in [0.2, 0.25) is 0 Å². The van der Waals surface area contributed by atoms with Crippen LogP contribution in [-0.2, 0) is 38.5 Å². The van der Waals surface area contributed by atoms with Crippen LogP contribution >= 0.6 is 0 Å². The van der Waals surface area contributed by atoms with Gasteiger partial charge in [-0.3, -0.25) is 33.5 Å². The van der Waals surface area contributed by atoms with Gasteiger partial charge in [0.25, 0.3) is 19.4 Å². The molecule has 5 aromatic carbocycles. The van der Waals surface area contributed by atoms with Crippen molar-refractivity contribution in [3.8, 4) is 11.5 Å². The summed E-state index contributed by atoms with van der Waals surface area (Å²) in [4.78, 5) is 64.0. The molecule has 416 valence electrons. The second-order valence-electron chi connectivity index (χ2n) is 20.9. The second kappa shape index (κ2) is 24.1. The summed E-state index contributed by atoms with van der Waals surface area (Å²) in [7, 11) is 2.99. The van der Waals surface area contributed by atoms with Gasteiger partial charge in [-0.25, -0.2) is 15.1 Å². The first-order valence-electron chi connectivity index (χ1n) is 26.2. The van der Waals surface area contributed by atoms with Gasteiger partial charge in [-0.1, -0.05) is 136 Å². The van der Waals surface area contributed by atoms with E-state index in [0.29, 0.717) is 22.6 Å². The smallest absolute Gasteiger partial charge is 0.330 e. The zero-order chi connectivity index (χ0) is 56.1. The Morgan fingerprint density at radius 2 is 1.00 bits per heavy atom. The van der Waals surface area contributed by atoms with Crippen LogP contribution in [0.2, 0.25) is 5.04 Å². The molecule has 0 amide bonds. The lowest BCUT2D eigenvalue weighted by atomic mass is 9.80. The third-order valence-corrected chi connectivity index (χ3v) is 20.2. The lowest BCUT2D eigenvalue weighted by Gasteiger charge is -2.45. The summed E-state index contributed by atoms with van der Waals surface area (Å²) in [6.07, 6.45) is -3.30. The molecule has 4 heterocycles. The van der Waals surface area contributed by atoms with Crippen LogP contribution in [0.1, 0.15) is 61.0 Å². The molecule has 2 saturated heterocycles. The van der Waals surface area contributed by atoms with Gasteiger partial charge in [0.1, 0.15) is 41.5 Å². The Morgan fingerprint density at radius 3 is 1.46 bits per heavy atom. The molecule has 2 aliphatic rings. The molecule has 0 radical (unpaired) electrons. The third kappa shape index (κ3) is 11.1. The SMILES string of the molecule is COc1ccc(C(OC[C@H]2O[C@@H](n3cc(C)c(=O)[nH]c3=O)[C@H](OC)[C@@H]2CNOC[C@H]2O[C@@H](n3cc(C)c(=O)[nH]c3=O)[C@H](OC)[C@@H]2O[Si](c2ccccc2)(c2ccccc2)C(C)(C)C)(c2ccccc2)c2ccc(OC)cc2)cc1. The summed E-state index contributed by atoms with van der Waals surface area (Å²) < 4.78 is 55.2. The van der Waals surface area contributed by atoms with E-state index in [-0.39, 0.29) is 19.8 Å². The molecule has 0 unspecified atom stereocenters. The number of aromatic amines is 2. The Labute approximate surface area is 459 Å². The maximum Gasteiger partial charge on any atom is 0.330 e. The van der Waals surface area contributed by atoms with Crippen molar-refractivity contribution in [1.29, 1.82) is 0 Å². The number of methoxy groups -OCH3 is 4. The first-order valence-corrected chi connectivity index (χ1v) is 28.1. The molecule has 2 aromatic heterocycles. The highest BCUT2D eigenvalue weighted by Crippen LogP contribution is 2.45. The largest absolute Gasteiger partial charge is 0.497 e. The molecule has 0 saturated carbocycles. The molecule has 2 aliphatic heterocycles. The summed E-state index contributed by atoms with van der Waals surface area (Å²) in [5.41, 5.74) is 2.62. The van der Waals surface area contributed by atoms with Crippen molar-refractivity contribution < 1.29 is 42.4 Å². The van der Waals surface area contributed by atoms with Crippen molar-refractivity contribution >= 4 is 18.7 Å². The van der Waals surface area contributed by atoms with Crippen molar-refractivity contribution in [3.05, 3.63) is 221 Å². The zero-order valence-electron chi connectivity index (χ0n) is 45.9. The fraction of sp³-hybridized carbons (Fsp3) is 0.367. The van der Waals surface area contributed by atoms with E-state index in [1.807, 2.05) is 115 Å². The number of rotatable bonds is 21. The van der Waals surface area contributed by atoms with Gasteiger partial charge in [0.15, 0.2) is 12.5 Å². The van der Waals surface area contributed by atoms with Gasteiger partial charge < -0.3 is 37.6 Å². The van der Waals surface area contributed by atoms with E-state index in [1.165, 1.54) is 28.6 Å². The molecular formula is C60H69N5O13Si. The molecule has 0 aliphatic carbocycles. The standard InChI is InChI=1S/C60H69N5O13Si/c1-38-34-64(57(68)62-53(38)66)55-50(72-8)47(48(76-55)36-74-60(40-19-13-10-14-20-40,41-25-29-43(70-6)30-26-41)42-27-31-44(71-7)32-28-42)33-61-75-37-49-51(52(73-9)56(77-49)65-35-39(2)54(67)63-58(65)69)78-79(59(3,4)5,45-21-15-11-16-22-45)46-23-17-12-18-24-46/h10-32,34-35,47-52,55-56,61H,33,36-37H2,1-9H3,(H,62,66,68)(H,63,67,69)/t47-,48-,49-,50-,51-,52-,55-,56-/m1/s1. The molecule has 3 N–H and O–H groups in total. The first-order chi connectivity index (χ1) is 38.1. The number of H-pyrrole nitrogens is 2. The topological polar surface area (TPSA) is 205 Å². The molecule has 79 heavy (non-hydrogen) atoms. The summed E-state index contributed by atoms with van der Waals surface area (Å²) in [6.45, 7) is 9.66. The molecular weight excluding hydrogens is 1030 g/mol. The van der Waals surface area contributed by atoms with E-state index in [4.69, 9.17) is 42.4 Å². The Kier molecular flexibility index (Phi) is 17.3. The predicted octanol–water partition coefficient (Wildman–Crippen LogP) is 5.64. The van der Waals surface area contributed by atoms with Gasteiger partial charge in [0.05, 0.1) is 33.5 Å². The molecule has 19 heteroatoms. The zero-order valence-corrected chi connectivity index (χ0v) is 46.9. The first kappa shape index (κ1) is 56.7. The van der Waals surface area contributed by atoms with Crippen LogP contribution in [0, 0.1) is 19.8 Å². The van der Waals surface area contributed by atoms with Crippen molar-refractivity contribution in [2.24, 2.45) is 5.92 Å². The van der Waals surface area contributed by atoms with Gasteiger partial charge in [-0.15, -0.1) is 0 Å². The molecule has 0 spiro atoms. The number of hydrogen-bond donors (Lipinski definition) is 3. The van der Waals surface area contributed by atoms with E-state index >= 15 is 0 Å². The average Bonchev–Trinajstić information content (AvgIpc) is 4.25. The predicted molar refractivity (Wildman–Crippen MR) is 300 cm³/mol. The van der Waals surface area contributed by atoms with Crippen molar-refractivity contribution in [1.82, 2.24) is 24.6 Å². The minimum atomic E-state index is -3.32. The van der Waals surface area contributed by atoms with Gasteiger partial charge in [-0.2, -0.15) is 0 Å². The average molecular weight is 1100 g/mol. The van der Waals surface area contributed by atoms with Crippen LogP contribution in [0.3, 0.4) is 0 Å². The van der Waals surface area contributed by atoms with Gasteiger partial charge >= 0.3 is 11.4 Å². The van der Waals surface area contributed by atoms with Gasteiger partial charge in [0, 0.05) is 50.2 Å². The molecule has 2 fully saturated rings. The molecule has 7 aromatic rings. The number of aromatic nitrogens is 4. The van der Waals surface area contributed by atoms with Crippen LogP contribution in [0.4, 0.5) is 0 Å². The van der Waals surface area contributed by atoms with Crippen molar-refractivity contribution in [2.75, 3.05) is 48.2 Å². The number of nitrogens with zero attached hydrogens (tertiary/aromatic N) is 2. The highest BCUT2D eigenvalue weighted by Gasteiger charge is 2.57. The summed E-state index contributed by atoms with van der Waals surface area (Å²) in [6, 6.07) is 45.5. The van der Waals surface area contributed by atoms with Crippen LogP contribution in [-0.4, -0.2) is 106 Å². The Morgan fingerprint density at radius 1 is 0.557 bits per heavy atom. The normalized spacial score (nSPS) is 21.5. The van der Waals surface area contributed by atoms with Crippen LogP contribution < -0.4 is 47.8 Å². The number of benzene rings is 5. The third-order valence-electron chi connectivity index (χ3n) is 15.2. The van der Waals surface area contributed by atoms with E-state index in [9.17, 15) is 19.2 Å². The lowest BCUT2D eigenvalue weighted by Crippen LogP contribution is -2.69. The number of ether oxygens (including phenoxy) is 7. The fourth-order valence-electron chi connectivity index (χ4n) is 11.2. The molecule has 8 atom stereocenters. The van der Waals surface area contributed by atoms with Crippen molar-refractivity contribution in [2.45, 2.75) is 88.2 Å². The number of hydrogen-bond acceptors (Lipinski definition) is 14. The Balaban J connectivity index is 1.08. The molecule has 0 bridgehead atoms. The van der Waals surface area contributed by atoms with Gasteiger partial charge in [-0.05, 0) is 70.2 Å². The Hall–Kier alpha value is -7.04. The van der Waals surface area contributed by atoms with Crippen LogP contribution in [0.25, 0.3) is 0 Å². The fourth-order valence-corrected chi connectivity index (χ4v) is 15.9. The number of nitrogens with one attached hydrogen (secondary N) is 3. The highest BCUT2D eigenvalue weighted by molar-refractivity contribution is 6.99. The lowest BCUT2D eigenvalue weighted by molar-refractivity contribution is -0.0992. The van der Waals surface area contributed by atoms with E-state index in [2.05, 4.69) is 60.5 Å². The quantitative estimate of drug-likeness (QED) is 0.0345.